The van der Waals surface area contributed by atoms with E-state index in [0.717, 1.165) is 22.3 Å². The van der Waals surface area contributed by atoms with Crippen molar-refractivity contribution in [3.8, 4) is 0 Å². The highest BCUT2D eigenvalue weighted by molar-refractivity contribution is 5.84. The van der Waals surface area contributed by atoms with Gasteiger partial charge in [0.1, 0.15) is 5.82 Å². The second-order valence-electron chi connectivity index (χ2n) is 6.33. The van der Waals surface area contributed by atoms with Crippen molar-refractivity contribution in [1.29, 1.82) is 0 Å². The fraction of sp³-hybridized carbons (Fsp3) is 0.444. The van der Waals surface area contributed by atoms with Gasteiger partial charge in [-0.1, -0.05) is 25.1 Å². The number of aliphatic hydroxyl groups excluding tert-OH is 1. The average molecular weight is 330 g/mol. The Morgan fingerprint density at radius 2 is 2.00 bits per heavy atom. The van der Waals surface area contributed by atoms with E-state index >= 15 is 0 Å². The van der Waals surface area contributed by atoms with Crippen molar-refractivity contribution < 1.29 is 9.90 Å². The second kappa shape index (κ2) is 7.97. The zero-order valence-electron chi connectivity index (χ0n) is 14.7. The van der Waals surface area contributed by atoms with Crippen LogP contribution in [0.4, 0.5) is 10.6 Å². The van der Waals surface area contributed by atoms with E-state index in [-0.39, 0.29) is 24.6 Å². The number of aliphatic hydroxyl groups is 1. The van der Waals surface area contributed by atoms with Crippen LogP contribution in [0.2, 0.25) is 0 Å². The van der Waals surface area contributed by atoms with Crippen LogP contribution in [0, 0.1) is 5.92 Å². The van der Waals surface area contributed by atoms with Gasteiger partial charge in [-0.15, -0.1) is 0 Å². The van der Waals surface area contributed by atoms with Crippen LogP contribution in [0.25, 0.3) is 10.9 Å². The molecule has 0 aliphatic rings. The molecule has 6 nitrogen and oxygen atoms in total. The number of nitrogens with one attached hydrogen (secondary N) is 2. The molecular formula is C18H26N4O2. The summed E-state index contributed by atoms with van der Waals surface area (Å²) in [6, 6.07) is 9.55. The molecule has 0 spiro atoms. The van der Waals surface area contributed by atoms with E-state index in [1.54, 1.807) is 0 Å². The predicted molar refractivity (Wildman–Crippen MR) is 97.2 cm³/mol. The highest BCUT2D eigenvalue weighted by atomic mass is 16.3. The van der Waals surface area contributed by atoms with E-state index < -0.39 is 0 Å². The summed E-state index contributed by atoms with van der Waals surface area (Å²) in [5.74, 6) is 0.867. The number of aromatic nitrogens is 1. The zero-order chi connectivity index (χ0) is 17.7. The number of anilines is 1. The van der Waals surface area contributed by atoms with Crippen molar-refractivity contribution in [2.45, 2.75) is 26.4 Å². The first-order chi connectivity index (χ1) is 11.4. The maximum absolute atomic E-state index is 12.1. The fourth-order valence-electron chi connectivity index (χ4n) is 2.34. The third-order valence-corrected chi connectivity index (χ3v) is 4.19. The Kier molecular flexibility index (Phi) is 5.98. The molecule has 2 aromatic rings. The van der Waals surface area contributed by atoms with Crippen LogP contribution in [0.15, 0.2) is 30.3 Å². The van der Waals surface area contributed by atoms with E-state index in [9.17, 15) is 4.79 Å². The summed E-state index contributed by atoms with van der Waals surface area (Å²) in [6.45, 7) is 4.23. The molecule has 0 fully saturated rings. The van der Waals surface area contributed by atoms with Crippen molar-refractivity contribution in [3.05, 3.63) is 35.9 Å². The molecule has 0 bridgehead atoms. The number of urea groups is 1. The highest BCUT2D eigenvalue weighted by Crippen LogP contribution is 2.21. The first kappa shape index (κ1) is 18.0. The molecule has 0 radical (unpaired) electrons. The zero-order valence-corrected chi connectivity index (χ0v) is 14.7. The Balaban J connectivity index is 2.13. The number of hydrogen-bond acceptors (Lipinski definition) is 4. The molecule has 2 unspecified atom stereocenters. The van der Waals surface area contributed by atoms with Gasteiger partial charge in [-0.3, -0.25) is 0 Å². The summed E-state index contributed by atoms with van der Waals surface area (Å²) in [6.07, 6.45) is 0. The molecule has 2 amide bonds. The van der Waals surface area contributed by atoms with Crippen LogP contribution in [0.5, 0.6) is 0 Å². The molecule has 1 heterocycles. The van der Waals surface area contributed by atoms with E-state index in [1.165, 1.54) is 0 Å². The monoisotopic (exact) mass is 330 g/mol. The van der Waals surface area contributed by atoms with E-state index in [0.29, 0.717) is 6.54 Å². The van der Waals surface area contributed by atoms with Crippen LogP contribution >= 0.6 is 0 Å². The van der Waals surface area contributed by atoms with Gasteiger partial charge in [0.25, 0.3) is 0 Å². The SMILES string of the molecule is CC(CO)C(C)NC(=O)NCc1cc(N(C)C)nc2ccccc12. The smallest absolute Gasteiger partial charge is 0.315 e. The minimum atomic E-state index is -0.241. The number of fused-ring (bicyclic) bond motifs is 1. The van der Waals surface area contributed by atoms with Gasteiger partial charge in [0.05, 0.1) is 5.52 Å². The fourth-order valence-corrected chi connectivity index (χ4v) is 2.34. The molecule has 24 heavy (non-hydrogen) atoms. The van der Waals surface area contributed by atoms with Crippen molar-refractivity contribution >= 4 is 22.8 Å². The number of carbonyl (C=O) groups excluding carboxylic acids is 1. The lowest BCUT2D eigenvalue weighted by Gasteiger charge is -2.20. The first-order valence-electron chi connectivity index (χ1n) is 8.13. The molecule has 0 aliphatic carbocycles. The lowest BCUT2D eigenvalue weighted by molar-refractivity contribution is 0.200. The third-order valence-electron chi connectivity index (χ3n) is 4.19. The number of nitrogens with zero attached hydrogens (tertiary/aromatic N) is 2. The molecule has 0 saturated heterocycles. The number of benzene rings is 1. The molecule has 2 rings (SSSR count). The van der Waals surface area contributed by atoms with Gasteiger partial charge in [0.15, 0.2) is 0 Å². The summed E-state index contributed by atoms with van der Waals surface area (Å²) in [5, 5.41) is 15.9. The number of pyridine rings is 1. The number of rotatable bonds is 6. The first-order valence-corrected chi connectivity index (χ1v) is 8.13. The highest BCUT2D eigenvalue weighted by Gasteiger charge is 2.14. The second-order valence-corrected chi connectivity index (χ2v) is 6.33. The minimum absolute atomic E-state index is 0.0119. The van der Waals surface area contributed by atoms with Crippen LogP contribution in [0.3, 0.4) is 0 Å². The van der Waals surface area contributed by atoms with E-state index in [4.69, 9.17) is 5.11 Å². The average Bonchev–Trinajstić information content (AvgIpc) is 2.58. The number of para-hydroxylation sites is 1. The molecule has 1 aromatic carbocycles. The Morgan fingerprint density at radius 3 is 2.67 bits per heavy atom. The lowest BCUT2D eigenvalue weighted by atomic mass is 10.1. The van der Waals surface area contributed by atoms with Gasteiger partial charge >= 0.3 is 6.03 Å². The molecule has 130 valence electrons. The van der Waals surface area contributed by atoms with Gasteiger partial charge in [-0.2, -0.15) is 0 Å². The van der Waals surface area contributed by atoms with E-state index in [2.05, 4.69) is 15.6 Å². The standard InChI is InChI=1S/C18H26N4O2/c1-12(11-23)13(2)20-18(24)19-10-14-9-17(22(3)4)21-16-8-6-5-7-15(14)16/h5-9,12-13,23H,10-11H2,1-4H3,(H2,19,20,24). The number of hydrogen-bond donors (Lipinski definition) is 3. The summed E-state index contributed by atoms with van der Waals surface area (Å²) in [5.41, 5.74) is 1.92. The topological polar surface area (TPSA) is 77.5 Å². The van der Waals surface area contributed by atoms with Gasteiger partial charge in [0, 0.05) is 38.7 Å². The largest absolute Gasteiger partial charge is 0.396 e. The Bertz CT molecular complexity index is 702. The predicted octanol–water partition coefficient (Wildman–Crippen LogP) is 2.12. The van der Waals surface area contributed by atoms with Crippen LogP contribution in [-0.4, -0.2) is 42.9 Å². The van der Waals surface area contributed by atoms with Gasteiger partial charge in [-0.05, 0) is 30.5 Å². The maximum Gasteiger partial charge on any atom is 0.315 e. The third kappa shape index (κ3) is 4.35. The van der Waals surface area contributed by atoms with Crippen LogP contribution in [-0.2, 0) is 6.54 Å². The van der Waals surface area contributed by atoms with Crippen LogP contribution in [0.1, 0.15) is 19.4 Å². The summed E-state index contributed by atoms with van der Waals surface area (Å²) >= 11 is 0. The molecule has 1 aromatic heterocycles. The molecule has 3 N–H and O–H groups in total. The summed E-state index contributed by atoms with van der Waals surface area (Å²) in [4.78, 5) is 18.6. The lowest BCUT2D eigenvalue weighted by Crippen LogP contribution is -2.44. The van der Waals surface area contributed by atoms with E-state index in [1.807, 2.05) is 63.2 Å². The normalized spacial score (nSPS) is 13.4. The molecule has 6 heteroatoms. The maximum atomic E-state index is 12.1. The molecule has 0 saturated carbocycles. The van der Waals surface area contributed by atoms with Crippen LogP contribution < -0.4 is 15.5 Å². The number of carbonyl (C=O) groups is 1. The van der Waals surface area contributed by atoms with Gasteiger partial charge in [0.2, 0.25) is 0 Å². The summed E-state index contributed by atoms with van der Waals surface area (Å²) < 4.78 is 0. The van der Waals surface area contributed by atoms with Crippen molar-refractivity contribution in [3.63, 3.8) is 0 Å². The van der Waals surface area contributed by atoms with Crippen molar-refractivity contribution in [2.24, 2.45) is 5.92 Å². The Morgan fingerprint density at radius 1 is 1.29 bits per heavy atom. The minimum Gasteiger partial charge on any atom is -0.396 e. The molecule has 0 aliphatic heterocycles. The Hall–Kier alpha value is -2.34. The molecule has 2 atom stereocenters. The quantitative estimate of drug-likeness (QED) is 0.758. The summed E-state index contributed by atoms with van der Waals surface area (Å²) in [7, 11) is 3.89. The van der Waals surface area contributed by atoms with Gasteiger partial charge < -0.3 is 20.6 Å². The van der Waals surface area contributed by atoms with Gasteiger partial charge in [-0.25, -0.2) is 9.78 Å². The molecular weight excluding hydrogens is 304 g/mol. The van der Waals surface area contributed by atoms with Crippen molar-refractivity contribution in [2.75, 3.05) is 25.6 Å². The van der Waals surface area contributed by atoms with Crippen molar-refractivity contribution in [1.82, 2.24) is 15.6 Å². The Labute approximate surface area is 142 Å². The number of amides is 2.